The van der Waals surface area contributed by atoms with Gasteiger partial charge in [0.15, 0.2) is 5.96 Å². The van der Waals surface area contributed by atoms with Crippen LogP contribution in [-0.4, -0.2) is 18.2 Å². The molecule has 0 spiro atoms. The zero-order valence-electron chi connectivity index (χ0n) is 12.7. The first-order valence-corrected chi connectivity index (χ1v) is 7.60. The Hall–Kier alpha value is -1.89. The molecule has 0 aliphatic heterocycles. The molecule has 5 nitrogen and oxygen atoms in total. The molecule has 7 heteroatoms. The third-order valence-corrected chi connectivity index (χ3v) is 3.92. The molecule has 22 heavy (non-hydrogen) atoms. The van der Waals surface area contributed by atoms with E-state index in [1.165, 1.54) is 6.07 Å². The lowest BCUT2D eigenvalue weighted by Crippen LogP contribution is -2.36. The largest absolute Gasteiger partial charge is 0.361 e. The van der Waals surface area contributed by atoms with Gasteiger partial charge in [-0.1, -0.05) is 11.2 Å². The standard InChI is InChI=1S/C15H18BrFN4O/c1-9-12(10(2)22-21-9)8-20-15(18-3)19-7-11-4-5-13(16)14(17)6-11/h4-6H,7-8H2,1-3H3,(H2,18,19,20). The maximum absolute atomic E-state index is 13.5. The summed E-state index contributed by atoms with van der Waals surface area (Å²) < 4.78 is 19.0. The van der Waals surface area contributed by atoms with E-state index in [9.17, 15) is 4.39 Å². The van der Waals surface area contributed by atoms with Crippen LogP contribution in [0.3, 0.4) is 0 Å². The van der Waals surface area contributed by atoms with E-state index in [0.29, 0.717) is 23.5 Å². The second-order valence-corrected chi connectivity index (χ2v) is 5.68. The maximum Gasteiger partial charge on any atom is 0.191 e. The topological polar surface area (TPSA) is 62.5 Å². The van der Waals surface area contributed by atoms with Gasteiger partial charge in [0.25, 0.3) is 0 Å². The van der Waals surface area contributed by atoms with Gasteiger partial charge >= 0.3 is 0 Å². The van der Waals surface area contributed by atoms with Crippen LogP contribution in [0.4, 0.5) is 4.39 Å². The van der Waals surface area contributed by atoms with E-state index in [1.807, 2.05) is 19.9 Å². The van der Waals surface area contributed by atoms with Gasteiger partial charge in [-0.15, -0.1) is 0 Å². The van der Waals surface area contributed by atoms with Crippen LogP contribution in [0.25, 0.3) is 0 Å². The van der Waals surface area contributed by atoms with Gasteiger partial charge in [0.2, 0.25) is 0 Å². The molecule has 0 radical (unpaired) electrons. The first-order valence-electron chi connectivity index (χ1n) is 6.81. The van der Waals surface area contributed by atoms with Crippen LogP contribution in [0, 0.1) is 19.7 Å². The van der Waals surface area contributed by atoms with E-state index >= 15 is 0 Å². The van der Waals surface area contributed by atoms with Crippen LogP contribution in [-0.2, 0) is 13.1 Å². The molecule has 0 saturated heterocycles. The van der Waals surface area contributed by atoms with Crippen molar-refractivity contribution in [1.29, 1.82) is 0 Å². The van der Waals surface area contributed by atoms with E-state index in [4.69, 9.17) is 4.52 Å². The van der Waals surface area contributed by atoms with Gasteiger partial charge in [-0.05, 0) is 47.5 Å². The maximum atomic E-state index is 13.5. The molecule has 2 aromatic rings. The van der Waals surface area contributed by atoms with Crippen LogP contribution in [0.5, 0.6) is 0 Å². The molecule has 1 aromatic heterocycles. The molecular weight excluding hydrogens is 351 g/mol. The number of hydrogen-bond donors (Lipinski definition) is 2. The molecule has 2 N–H and O–H groups in total. The van der Waals surface area contributed by atoms with Gasteiger partial charge in [0.05, 0.1) is 10.2 Å². The number of aromatic nitrogens is 1. The lowest BCUT2D eigenvalue weighted by atomic mass is 10.2. The van der Waals surface area contributed by atoms with Crippen molar-refractivity contribution in [2.24, 2.45) is 4.99 Å². The Kier molecular flexibility index (Phi) is 5.54. The predicted octanol–water partition coefficient (Wildman–Crippen LogP) is 3.06. The number of aryl methyl sites for hydroxylation is 2. The molecule has 1 aromatic carbocycles. The third-order valence-electron chi connectivity index (χ3n) is 3.28. The summed E-state index contributed by atoms with van der Waals surface area (Å²) >= 11 is 3.14. The van der Waals surface area contributed by atoms with Gasteiger partial charge in [0.1, 0.15) is 11.6 Å². The highest BCUT2D eigenvalue weighted by Gasteiger charge is 2.09. The third kappa shape index (κ3) is 4.07. The van der Waals surface area contributed by atoms with Crippen LogP contribution in [0.2, 0.25) is 0 Å². The van der Waals surface area contributed by atoms with Crippen LogP contribution in [0.1, 0.15) is 22.6 Å². The zero-order valence-corrected chi connectivity index (χ0v) is 14.3. The average molecular weight is 369 g/mol. The molecule has 0 aliphatic carbocycles. The van der Waals surface area contributed by atoms with Crippen molar-refractivity contribution in [3.05, 3.63) is 51.1 Å². The van der Waals surface area contributed by atoms with Crippen molar-refractivity contribution >= 4 is 21.9 Å². The molecule has 2 rings (SSSR count). The lowest BCUT2D eigenvalue weighted by Gasteiger charge is -2.12. The van der Waals surface area contributed by atoms with Crippen molar-refractivity contribution in [2.75, 3.05) is 7.05 Å². The van der Waals surface area contributed by atoms with Crippen molar-refractivity contribution in [2.45, 2.75) is 26.9 Å². The molecule has 0 atom stereocenters. The zero-order chi connectivity index (χ0) is 16.1. The minimum absolute atomic E-state index is 0.280. The quantitative estimate of drug-likeness (QED) is 0.642. The normalized spacial score (nSPS) is 11.6. The van der Waals surface area contributed by atoms with E-state index in [0.717, 1.165) is 22.6 Å². The smallest absolute Gasteiger partial charge is 0.191 e. The monoisotopic (exact) mass is 368 g/mol. The highest BCUT2D eigenvalue weighted by molar-refractivity contribution is 9.10. The number of halogens is 2. The Morgan fingerprint density at radius 1 is 1.32 bits per heavy atom. The molecule has 0 saturated carbocycles. The Morgan fingerprint density at radius 3 is 2.64 bits per heavy atom. The summed E-state index contributed by atoms with van der Waals surface area (Å²) in [6.45, 7) is 4.81. The molecule has 0 fully saturated rings. The highest BCUT2D eigenvalue weighted by Crippen LogP contribution is 2.16. The van der Waals surface area contributed by atoms with Gasteiger partial charge in [-0.3, -0.25) is 4.99 Å². The summed E-state index contributed by atoms with van der Waals surface area (Å²) in [4.78, 5) is 4.14. The molecule has 0 bridgehead atoms. The number of rotatable bonds is 4. The van der Waals surface area contributed by atoms with Crippen molar-refractivity contribution in [1.82, 2.24) is 15.8 Å². The number of hydrogen-bond acceptors (Lipinski definition) is 3. The molecule has 0 unspecified atom stereocenters. The van der Waals surface area contributed by atoms with E-state index in [2.05, 4.69) is 36.7 Å². The van der Waals surface area contributed by atoms with Gasteiger partial charge < -0.3 is 15.2 Å². The van der Waals surface area contributed by atoms with Gasteiger partial charge in [-0.2, -0.15) is 0 Å². The lowest BCUT2D eigenvalue weighted by molar-refractivity contribution is 0.392. The number of nitrogens with one attached hydrogen (secondary N) is 2. The van der Waals surface area contributed by atoms with Crippen molar-refractivity contribution < 1.29 is 8.91 Å². The van der Waals surface area contributed by atoms with Gasteiger partial charge in [0, 0.05) is 25.7 Å². The summed E-state index contributed by atoms with van der Waals surface area (Å²) in [5, 5.41) is 10.2. The minimum atomic E-state index is -0.280. The van der Waals surface area contributed by atoms with Crippen LogP contribution < -0.4 is 10.6 Å². The number of nitrogens with zero attached hydrogens (tertiary/aromatic N) is 2. The fourth-order valence-electron chi connectivity index (χ4n) is 1.98. The molecule has 0 aliphatic rings. The number of benzene rings is 1. The second kappa shape index (κ2) is 7.40. The molecule has 1 heterocycles. The Morgan fingerprint density at radius 2 is 2.05 bits per heavy atom. The highest BCUT2D eigenvalue weighted by atomic mass is 79.9. The number of aliphatic imine (C=N–C) groups is 1. The summed E-state index contributed by atoms with van der Waals surface area (Å²) in [6, 6.07) is 5.02. The fourth-order valence-corrected chi connectivity index (χ4v) is 2.23. The Balaban J connectivity index is 1.91. The van der Waals surface area contributed by atoms with E-state index < -0.39 is 0 Å². The minimum Gasteiger partial charge on any atom is -0.361 e. The second-order valence-electron chi connectivity index (χ2n) is 4.83. The van der Waals surface area contributed by atoms with Crippen molar-refractivity contribution in [3.8, 4) is 0 Å². The van der Waals surface area contributed by atoms with E-state index in [1.54, 1.807) is 13.1 Å². The first kappa shape index (κ1) is 16.5. The Labute approximate surface area is 137 Å². The SMILES string of the molecule is CN=C(NCc1ccc(Br)c(F)c1)NCc1c(C)noc1C. The summed E-state index contributed by atoms with van der Waals surface area (Å²) in [6.07, 6.45) is 0. The first-order chi connectivity index (χ1) is 10.5. The molecule has 118 valence electrons. The molecular formula is C15H18BrFN4O. The summed E-state index contributed by atoms with van der Waals surface area (Å²) in [7, 11) is 1.69. The fraction of sp³-hybridized carbons (Fsp3) is 0.333. The van der Waals surface area contributed by atoms with Crippen LogP contribution in [0.15, 0.2) is 32.2 Å². The Bertz CT molecular complexity index is 665. The number of guanidine groups is 1. The summed E-state index contributed by atoms with van der Waals surface area (Å²) in [5.74, 6) is 1.14. The van der Waals surface area contributed by atoms with Gasteiger partial charge in [-0.25, -0.2) is 4.39 Å². The van der Waals surface area contributed by atoms with Crippen LogP contribution >= 0.6 is 15.9 Å². The average Bonchev–Trinajstić information content (AvgIpc) is 2.82. The summed E-state index contributed by atoms with van der Waals surface area (Å²) in [5.41, 5.74) is 2.70. The molecule has 0 amide bonds. The predicted molar refractivity (Wildman–Crippen MR) is 87.1 cm³/mol. The van der Waals surface area contributed by atoms with Crippen molar-refractivity contribution in [3.63, 3.8) is 0 Å². The van der Waals surface area contributed by atoms with E-state index in [-0.39, 0.29) is 5.82 Å².